The molecule has 1 aliphatic carbocycles. The van der Waals surface area contributed by atoms with Gasteiger partial charge in [0.2, 0.25) is 0 Å². The number of hydrogen-bond donors (Lipinski definition) is 2. The van der Waals surface area contributed by atoms with Gasteiger partial charge in [0.15, 0.2) is 0 Å². The van der Waals surface area contributed by atoms with Gasteiger partial charge in [-0.3, -0.25) is 4.98 Å². The normalized spacial score (nSPS) is 17.3. The van der Waals surface area contributed by atoms with Crippen LogP contribution in [0.25, 0.3) is 5.57 Å². The van der Waals surface area contributed by atoms with E-state index >= 15 is 0 Å². The number of rotatable bonds is 3. The van der Waals surface area contributed by atoms with Gasteiger partial charge in [0, 0.05) is 18.4 Å². The molecule has 3 rings (SSSR count). The highest BCUT2D eigenvalue weighted by Crippen LogP contribution is 2.26. The van der Waals surface area contributed by atoms with E-state index in [0.717, 1.165) is 36.5 Å². The van der Waals surface area contributed by atoms with Gasteiger partial charge in [-0.15, -0.1) is 0 Å². The molecule has 0 saturated heterocycles. The maximum absolute atomic E-state index is 4.57. The topological polar surface area (TPSA) is 37.0 Å². The second kappa shape index (κ2) is 6.75. The number of anilines is 1. The van der Waals surface area contributed by atoms with Crippen molar-refractivity contribution in [1.82, 2.24) is 10.3 Å². The lowest BCUT2D eigenvalue weighted by Gasteiger charge is -2.13. The third kappa shape index (κ3) is 3.51. The Kier molecular flexibility index (Phi) is 4.32. The van der Waals surface area contributed by atoms with Crippen molar-refractivity contribution in [3.63, 3.8) is 0 Å². The van der Waals surface area contributed by atoms with Crippen molar-refractivity contribution in [3.8, 4) is 0 Å². The van der Waals surface area contributed by atoms with Crippen molar-refractivity contribution in [3.05, 3.63) is 78.5 Å². The van der Waals surface area contributed by atoms with E-state index in [1.807, 2.05) is 18.5 Å². The van der Waals surface area contributed by atoms with Crippen molar-refractivity contribution in [2.75, 3.05) is 11.9 Å². The highest BCUT2D eigenvalue weighted by atomic mass is 14.9. The molecule has 0 radical (unpaired) electrons. The second-order valence-corrected chi connectivity index (χ2v) is 4.95. The van der Waals surface area contributed by atoms with Crippen LogP contribution in [0.3, 0.4) is 0 Å². The van der Waals surface area contributed by atoms with E-state index in [2.05, 4.69) is 64.2 Å². The molecule has 3 nitrogen and oxygen atoms in total. The van der Waals surface area contributed by atoms with Gasteiger partial charge >= 0.3 is 0 Å². The standard InChI is InChI=1S/C18H19N3/c1-2-4-9-16(8-3-1)21-17-10-6-13-20-18(17)15-7-5-12-19-14-11-15/h1-3,5-6,8-13,19,21H,4,7,14H2. The zero-order valence-electron chi connectivity index (χ0n) is 11.9. The second-order valence-electron chi connectivity index (χ2n) is 4.95. The van der Waals surface area contributed by atoms with E-state index in [4.69, 9.17) is 0 Å². The molecule has 0 aromatic carbocycles. The summed E-state index contributed by atoms with van der Waals surface area (Å²) in [5, 5.41) is 6.71. The van der Waals surface area contributed by atoms with Gasteiger partial charge in [0.05, 0.1) is 11.4 Å². The summed E-state index contributed by atoms with van der Waals surface area (Å²) in [5.74, 6) is 0. The average Bonchev–Trinajstić information content (AvgIpc) is 2.92. The summed E-state index contributed by atoms with van der Waals surface area (Å²) < 4.78 is 0. The van der Waals surface area contributed by atoms with Crippen LogP contribution in [0.2, 0.25) is 0 Å². The van der Waals surface area contributed by atoms with Crippen molar-refractivity contribution in [2.24, 2.45) is 0 Å². The van der Waals surface area contributed by atoms with E-state index in [-0.39, 0.29) is 0 Å². The van der Waals surface area contributed by atoms with Gasteiger partial charge in [-0.05, 0) is 42.8 Å². The Hall–Kier alpha value is -2.55. The van der Waals surface area contributed by atoms with E-state index < -0.39 is 0 Å². The van der Waals surface area contributed by atoms with Crippen LogP contribution in [-0.2, 0) is 0 Å². The summed E-state index contributed by atoms with van der Waals surface area (Å²) in [4.78, 5) is 4.57. The summed E-state index contributed by atoms with van der Waals surface area (Å²) in [6.45, 7) is 0.842. The molecule has 0 bridgehead atoms. The first kappa shape index (κ1) is 13.4. The number of nitrogens with one attached hydrogen (secondary N) is 2. The molecule has 3 heteroatoms. The fraction of sp³-hybridized carbons (Fsp3) is 0.167. The van der Waals surface area contributed by atoms with Crippen molar-refractivity contribution < 1.29 is 0 Å². The SMILES string of the molecule is C1=CCC=C(Nc2cccnc2C2=CCNC=CC2)C=C1. The molecular formula is C18H19N3. The molecule has 0 saturated carbocycles. The lowest BCUT2D eigenvalue weighted by atomic mass is 10.1. The van der Waals surface area contributed by atoms with Gasteiger partial charge in [-0.2, -0.15) is 0 Å². The van der Waals surface area contributed by atoms with Gasteiger partial charge in [-0.25, -0.2) is 0 Å². The average molecular weight is 277 g/mol. The van der Waals surface area contributed by atoms with Gasteiger partial charge in [0.25, 0.3) is 0 Å². The van der Waals surface area contributed by atoms with E-state index in [0.29, 0.717) is 0 Å². The number of allylic oxidation sites excluding steroid dienone is 7. The molecule has 2 heterocycles. The Morgan fingerprint density at radius 3 is 3.14 bits per heavy atom. The smallest absolute Gasteiger partial charge is 0.0896 e. The predicted octanol–water partition coefficient (Wildman–Crippen LogP) is 3.78. The van der Waals surface area contributed by atoms with Crippen LogP contribution in [0, 0.1) is 0 Å². The summed E-state index contributed by atoms with van der Waals surface area (Å²) >= 11 is 0. The molecular weight excluding hydrogens is 258 g/mol. The van der Waals surface area contributed by atoms with Crippen LogP contribution in [0.15, 0.2) is 72.8 Å². The predicted molar refractivity (Wildman–Crippen MR) is 88.6 cm³/mol. The maximum atomic E-state index is 4.57. The van der Waals surface area contributed by atoms with Crippen LogP contribution in [0.5, 0.6) is 0 Å². The fourth-order valence-electron chi connectivity index (χ4n) is 2.39. The Morgan fingerprint density at radius 1 is 1.14 bits per heavy atom. The van der Waals surface area contributed by atoms with Crippen LogP contribution in [0.1, 0.15) is 18.5 Å². The summed E-state index contributed by atoms with van der Waals surface area (Å²) in [6.07, 6.45) is 20.6. The molecule has 2 N–H and O–H groups in total. The maximum Gasteiger partial charge on any atom is 0.0896 e. The van der Waals surface area contributed by atoms with Crippen molar-refractivity contribution in [1.29, 1.82) is 0 Å². The van der Waals surface area contributed by atoms with Crippen molar-refractivity contribution in [2.45, 2.75) is 12.8 Å². The molecule has 0 fully saturated rings. The first-order valence-corrected chi connectivity index (χ1v) is 7.27. The molecule has 0 atom stereocenters. The molecule has 21 heavy (non-hydrogen) atoms. The summed E-state index contributed by atoms with van der Waals surface area (Å²) in [6, 6.07) is 4.05. The van der Waals surface area contributed by atoms with Crippen molar-refractivity contribution >= 4 is 11.3 Å². The zero-order valence-corrected chi connectivity index (χ0v) is 11.9. The molecule has 1 aromatic rings. The lowest BCUT2D eigenvalue weighted by molar-refractivity contribution is 0.991. The van der Waals surface area contributed by atoms with Crippen LogP contribution in [0.4, 0.5) is 5.69 Å². The number of pyridine rings is 1. The first-order valence-electron chi connectivity index (χ1n) is 7.27. The molecule has 106 valence electrons. The van der Waals surface area contributed by atoms with E-state index in [1.54, 1.807) is 0 Å². The van der Waals surface area contributed by atoms with Crippen LogP contribution in [-0.4, -0.2) is 11.5 Å². The first-order chi connectivity index (χ1) is 10.4. The van der Waals surface area contributed by atoms with Crippen LogP contribution < -0.4 is 10.6 Å². The Bertz CT molecular complexity index is 648. The Morgan fingerprint density at radius 2 is 2.14 bits per heavy atom. The van der Waals surface area contributed by atoms with Gasteiger partial charge < -0.3 is 10.6 Å². The minimum Gasteiger partial charge on any atom is -0.388 e. The fourth-order valence-corrected chi connectivity index (χ4v) is 2.39. The summed E-state index contributed by atoms with van der Waals surface area (Å²) in [5.41, 5.74) is 4.43. The molecule has 0 spiro atoms. The number of hydrogen-bond acceptors (Lipinski definition) is 3. The Labute approximate surface area is 125 Å². The van der Waals surface area contributed by atoms with E-state index in [9.17, 15) is 0 Å². The summed E-state index contributed by atoms with van der Waals surface area (Å²) in [7, 11) is 0. The third-order valence-electron chi connectivity index (χ3n) is 3.43. The highest BCUT2D eigenvalue weighted by Gasteiger charge is 2.09. The quantitative estimate of drug-likeness (QED) is 0.882. The monoisotopic (exact) mass is 277 g/mol. The van der Waals surface area contributed by atoms with E-state index in [1.165, 1.54) is 5.57 Å². The van der Waals surface area contributed by atoms with Gasteiger partial charge in [-0.1, -0.05) is 36.5 Å². The number of aromatic nitrogens is 1. The number of nitrogens with zero attached hydrogens (tertiary/aromatic N) is 1. The minimum atomic E-state index is 0.842. The molecule has 0 amide bonds. The molecule has 1 aliphatic heterocycles. The zero-order chi connectivity index (χ0) is 14.3. The molecule has 1 aromatic heterocycles. The lowest BCUT2D eigenvalue weighted by Crippen LogP contribution is -2.04. The third-order valence-corrected chi connectivity index (χ3v) is 3.43. The molecule has 0 unspecified atom stereocenters. The van der Waals surface area contributed by atoms with Gasteiger partial charge in [0.1, 0.15) is 0 Å². The molecule has 2 aliphatic rings. The highest BCUT2D eigenvalue weighted by molar-refractivity contribution is 5.75. The minimum absolute atomic E-state index is 0.842. The largest absolute Gasteiger partial charge is 0.388 e. The van der Waals surface area contributed by atoms with Crippen LogP contribution >= 0.6 is 0 Å². The Balaban J connectivity index is 1.87.